The number of nitrogens with zero attached hydrogens (tertiary/aromatic N) is 2. The summed E-state index contributed by atoms with van der Waals surface area (Å²) < 4.78 is 7.40. The lowest BCUT2D eigenvalue weighted by Crippen LogP contribution is -2.12. The molecule has 0 saturated carbocycles. The van der Waals surface area contributed by atoms with Crippen molar-refractivity contribution in [3.8, 4) is 11.5 Å². The Bertz CT molecular complexity index is 1070. The maximum atomic E-state index is 11.4. The number of hydrogen-bond acceptors (Lipinski definition) is 4. The second-order valence-corrected chi connectivity index (χ2v) is 5.75. The number of imidazole rings is 1. The zero-order chi connectivity index (χ0) is 17.2. The fourth-order valence-electron chi connectivity index (χ4n) is 2.75. The number of furan rings is 1. The molecule has 1 saturated heterocycles. The molecule has 1 fully saturated rings. The maximum absolute atomic E-state index is 11.4. The van der Waals surface area contributed by atoms with Crippen molar-refractivity contribution in [3.05, 3.63) is 59.0 Å². The Balaban J connectivity index is 0.000000223. The molecule has 0 aliphatic carbocycles. The SMILES string of the molecule is O=C1CCCN1.O=c1ccc2ncc(-c3cc4ccccc4o3)n2[nH]1. The van der Waals surface area contributed by atoms with Gasteiger partial charge in [0.05, 0.1) is 6.20 Å². The maximum Gasteiger partial charge on any atom is 0.263 e. The van der Waals surface area contributed by atoms with Crippen LogP contribution in [-0.4, -0.2) is 27.0 Å². The number of carbonyl (C=O) groups excluding carboxylic acids is 1. The van der Waals surface area contributed by atoms with Crippen molar-refractivity contribution in [1.82, 2.24) is 19.9 Å². The van der Waals surface area contributed by atoms with Crippen LogP contribution in [0.15, 0.2) is 57.9 Å². The van der Waals surface area contributed by atoms with Gasteiger partial charge in [0.1, 0.15) is 11.3 Å². The van der Waals surface area contributed by atoms with Crippen molar-refractivity contribution in [2.75, 3.05) is 6.54 Å². The second-order valence-electron chi connectivity index (χ2n) is 5.75. The first kappa shape index (κ1) is 15.2. The van der Waals surface area contributed by atoms with Gasteiger partial charge in [-0.2, -0.15) is 0 Å². The van der Waals surface area contributed by atoms with E-state index in [1.54, 1.807) is 16.8 Å². The highest BCUT2D eigenvalue weighted by Gasteiger charge is 2.11. The van der Waals surface area contributed by atoms with Crippen LogP contribution >= 0.6 is 0 Å². The van der Waals surface area contributed by atoms with E-state index in [1.165, 1.54) is 6.07 Å². The molecule has 1 aromatic carbocycles. The van der Waals surface area contributed by atoms with E-state index in [1.807, 2.05) is 30.3 Å². The highest BCUT2D eigenvalue weighted by atomic mass is 16.3. The van der Waals surface area contributed by atoms with Gasteiger partial charge in [-0.25, -0.2) is 9.50 Å². The molecule has 0 radical (unpaired) electrons. The van der Waals surface area contributed by atoms with Gasteiger partial charge in [0.25, 0.3) is 5.56 Å². The summed E-state index contributed by atoms with van der Waals surface area (Å²) in [6, 6.07) is 12.8. The quantitative estimate of drug-likeness (QED) is 0.558. The van der Waals surface area contributed by atoms with Gasteiger partial charge in [0, 0.05) is 24.4 Å². The summed E-state index contributed by atoms with van der Waals surface area (Å²) in [5, 5.41) is 6.42. The molecule has 2 N–H and O–H groups in total. The topological polar surface area (TPSA) is 92.4 Å². The van der Waals surface area contributed by atoms with E-state index in [2.05, 4.69) is 15.4 Å². The number of rotatable bonds is 1. The van der Waals surface area contributed by atoms with Crippen LogP contribution < -0.4 is 10.9 Å². The molecule has 0 unspecified atom stereocenters. The first-order chi connectivity index (χ1) is 12.2. The third-order valence-corrected chi connectivity index (χ3v) is 3.98. The van der Waals surface area contributed by atoms with Crippen LogP contribution in [0.4, 0.5) is 0 Å². The Labute approximate surface area is 142 Å². The van der Waals surface area contributed by atoms with E-state index in [9.17, 15) is 9.59 Å². The van der Waals surface area contributed by atoms with Gasteiger partial charge in [-0.05, 0) is 24.6 Å². The first-order valence-electron chi connectivity index (χ1n) is 8.03. The molecular weight excluding hydrogens is 320 g/mol. The smallest absolute Gasteiger partial charge is 0.263 e. The molecule has 7 nitrogen and oxygen atoms in total. The molecule has 0 spiro atoms. The summed E-state index contributed by atoms with van der Waals surface area (Å²) in [4.78, 5) is 25.8. The highest BCUT2D eigenvalue weighted by Crippen LogP contribution is 2.27. The van der Waals surface area contributed by atoms with Crippen molar-refractivity contribution in [2.24, 2.45) is 0 Å². The largest absolute Gasteiger partial charge is 0.454 e. The summed E-state index contributed by atoms with van der Waals surface area (Å²) in [7, 11) is 0. The van der Waals surface area contributed by atoms with Gasteiger partial charge in [-0.1, -0.05) is 18.2 Å². The molecule has 1 aliphatic heterocycles. The lowest BCUT2D eigenvalue weighted by Gasteiger charge is -1.96. The average Bonchev–Trinajstić information content (AvgIpc) is 3.33. The Morgan fingerprint density at radius 2 is 2.00 bits per heavy atom. The van der Waals surface area contributed by atoms with Crippen LogP contribution in [0.5, 0.6) is 0 Å². The number of hydrogen-bond donors (Lipinski definition) is 2. The minimum atomic E-state index is -0.178. The molecular formula is C18H16N4O3. The number of nitrogens with one attached hydrogen (secondary N) is 2. The Kier molecular flexibility index (Phi) is 3.81. The Morgan fingerprint density at radius 3 is 2.72 bits per heavy atom. The van der Waals surface area contributed by atoms with Crippen molar-refractivity contribution in [1.29, 1.82) is 0 Å². The van der Waals surface area contributed by atoms with Crippen LogP contribution in [0.25, 0.3) is 28.1 Å². The number of para-hydroxylation sites is 1. The van der Waals surface area contributed by atoms with Crippen molar-refractivity contribution < 1.29 is 9.21 Å². The molecule has 0 bridgehead atoms. The Hall–Kier alpha value is -3.35. The van der Waals surface area contributed by atoms with Crippen LogP contribution in [0, 0.1) is 0 Å². The molecule has 7 heteroatoms. The van der Waals surface area contributed by atoms with Crippen LogP contribution in [0.2, 0.25) is 0 Å². The first-order valence-corrected chi connectivity index (χ1v) is 8.03. The third kappa shape index (κ3) is 3.03. The number of fused-ring (bicyclic) bond motifs is 2. The van der Waals surface area contributed by atoms with E-state index in [-0.39, 0.29) is 11.5 Å². The monoisotopic (exact) mass is 336 g/mol. The normalized spacial score (nSPS) is 13.7. The molecule has 25 heavy (non-hydrogen) atoms. The predicted octanol–water partition coefficient (Wildman–Crippen LogP) is 2.33. The number of H-pyrrole nitrogens is 1. The summed E-state index contributed by atoms with van der Waals surface area (Å²) in [5.74, 6) is 0.880. The lowest BCUT2D eigenvalue weighted by molar-refractivity contribution is -0.119. The molecule has 1 amide bonds. The van der Waals surface area contributed by atoms with Crippen LogP contribution in [-0.2, 0) is 4.79 Å². The van der Waals surface area contributed by atoms with Crippen LogP contribution in [0.1, 0.15) is 12.8 Å². The van der Waals surface area contributed by atoms with Crippen molar-refractivity contribution in [2.45, 2.75) is 12.8 Å². The molecule has 5 rings (SSSR count). The minimum Gasteiger partial charge on any atom is -0.454 e. The number of aromatic amines is 1. The predicted molar refractivity (Wildman–Crippen MR) is 93.3 cm³/mol. The number of aromatic nitrogens is 3. The number of amides is 1. The molecule has 3 aromatic heterocycles. The fraction of sp³-hybridized carbons (Fsp3) is 0.167. The van der Waals surface area contributed by atoms with Gasteiger partial charge >= 0.3 is 0 Å². The zero-order valence-corrected chi connectivity index (χ0v) is 13.4. The lowest BCUT2D eigenvalue weighted by atomic mass is 10.2. The van der Waals surface area contributed by atoms with E-state index in [0.717, 1.165) is 36.0 Å². The van der Waals surface area contributed by atoms with E-state index < -0.39 is 0 Å². The van der Waals surface area contributed by atoms with Crippen molar-refractivity contribution in [3.63, 3.8) is 0 Å². The van der Waals surface area contributed by atoms with E-state index >= 15 is 0 Å². The van der Waals surface area contributed by atoms with Gasteiger partial charge in [-0.3, -0.25) is 14.7 Å². The number of benzene rings is 1. The van der Waals surface area contributed by atoms with Gasteiger partial charge in [0.15, 0.2) is 11.4 Å². The summed E-state index contributed by atoms with van der Waals surface area (Å²) in [6.45, 7) is 0.888. The zero-order valence-electron chi connectivity index (χ0n) is 13.4. The highest BCUT2D eigenvalue weighted by molar-refractivity contribution is 5.82. The third-order valence-electron chi connectivity index (χ3n) is 3.98. The van der Waals surface area contributed by atoms with Gasteiger partial charge in [0.2, 0.25) is 5.91 Å². The summed E-state index contributed by atoms with van der Waals surface area (Å²) >= 11 is 0. The van der Waals surface area contributed by atoms with Gasteiger partial charge in [-0.15, -0.1) is 0 Å². The Morgan fingerprint density at radius 1 is 1.12 bits per heavy atom. The van der Waals surface area contributed by atoms with E-state index in [0.29, 0.717) is 11.4 Å². The molecule has 4 aromatic rings. The van der Waals surface area contributed by atoms with E-state index in [4.69, 9.17) is 4.42 Å². The molecule has 1 aliphatic rings. The summed E-state index contributed by atoms with van der Waals surface area (Å²) in [5.41, 5.74) is 2.03. The molecule has 126 valence electrons. The second kappa shape index (κ2) is 6.27. The van der Waals surface area contributed by atoms with Gasteiger partial charge < -0.3 is 9.73 Å². The number of carbonyl (C=O) groups is 1. The fourth-order valence-corrected chi connectivity index (χ4v) is 2.75. The van der Waals surface area contributed by atoms with Crippen molar-refractivity contribution >= 4 is 22.5 Å². The van der Waals surface area contributed by atoms with Crippen LogP contribution in [0.3, 0.4) is 0 Å². The molecule has 4 heterocycles. The minimum absolute atomic E-state index is 0.178. The summed E-state index contributed by atoms with van der Waals surface area (Å²) in [6.07, 6.45) is 3.45. The standard InChI is InChI=1S/C14H9N3O2.C4H7NO/c18-14-6-5-13-15-8-10(17(13)16-14)12-7-9-3-1-2-4-11(9)19-12;6-4-2-1-3-5-4/h1-8H,(H,16,18);1-3H2,(H,5,6). The average molecular weight is 336 g/mol. The molecule has 0 atom stereocenters.